The van der Waals surface area contributed by atoms with Crippen molar-refractivity contribution in [3.63, 3.8) is 0 Å². The van der Waals surface area contributed by atoms with Gasteiger partial charge in [0.05, 0.1) is 19.4 Å². The fourth-order valence-electron chi connectivity index (χ4n) is 2.70. The van der Waals surface area contributed by atoms with Gasteiger partial charge in [-0.2, -0.15) is 0 Å². The summed E-state index contributed by atoms with van der Waals surface area (Å²) in [6.45, 7) is 11.9. The average molecular weight is 485 g/mol. The van der Waals surface area contributed by atoms with Crippen LogP contribution in [0.5, 0.6) is 0 Å². The highest BCUT2D eigenvalue weighted by atomic mass is 127. The van der Waals surface area contributed by atoms with Gasteiger partial charge in [0.1, 0.15) is 11.4 Å². The molecule has 1 aromatic carbocycles. The number of benzene rings is 1. The molecule has 0 fully saturated rings. The largest absolute Gasteiger partial charge is 0.466 e. The summed E-state index contributed by atoms with van der Waals surface area (Å²) in [5.41, 5.74) is 1.32. The molecule has 0 radical (unpaired) electrons. The van der Waals surface area contributed by atoms with E-state index in [4.69, 9.17) is 9.41 Å². The summed E-state index contributed by atoms with van der Waals surface area (Å²) in [4.78, 5) is 4.73. The van der Waals surface area contributed by atoms with Gasteiger partial charge in [0.15, 0.2) is 5.96 Å². The molecule has 5 nitrogen and oxygen atoms in total. The van der Waals surface area contributed by atoms with Crippen molar-refractivity contribution in [2.45, 2.75) is 45.6 Å². The van der Waals surface area contributed by atoms with Crippen LogP contribution in [0.1, 0.15) is 44.6 Å². The predicted octanol–water partition coefficient (Wildman–Crippen LogP) is 3.95. The molecule has 0 bridgehead atoms. The molecule has 1 heterocycles. The maximum atomic E-state index is 10.6. The summed E-state index contributed by atoms with van der Waals surface area (Å²) < 4.78 is 5.32. The summed E-state index contributed by atoms with van der Waals surface area (Å²) in [6.07, 6.45) is 1.56. The highest BCUT2D eigenvalue weighted by Crippen LogP contribution is 2.24. The fraction of sp³-hybridized carbons (Fsp3) is 0.476. The SMILES string of the molecule is CCNC(=NCC(C)(C)c1cccc(C)c1)NCC(C)(O)c1ccco1.I. The lowest BCUT2D eigenvalue weighted by Crippen LogP contribution is -2.45. The van der Waals surface area contributed by atoms with E-state index < -0.39 is 5.60 Å². The van der Waals surface area contributed by atoms with E-state index >= 15 is 0 Å². The van der Waals surface area contributed by atoms with Gasteiger partial charge in [0.25, 0.3) is 0 Å². The molecule has 27 heavy (non-hydrogen) atoms. The molecule has 150 valence electrons. The van der Waals surface area contributed by atoms with Crippen molar-refractivity contribution in [2.75, 3.05) is 19.6 Å². The van der Waals surface area contributed by atoms with E-state index in [-0.39, 0.29) is 29.4 Å². The van der Waals surface area contributed by atoms with Crippen molar-refractivity contribution in [1.82, 2.24) is 10.6 Å². The van der Waals surface area contributed by atoms with Gasteiger partial charge < -0.3 is 20.2 Å². The molecule has 0 aliphatic rings. The van der Waals surface area contributed by atoms with Gasteiger partial charge in [-0.3, -0.25) is 4.99 Å². The van der Waals surface area contributed by atoms with Crippen LogP contribution in [-0.4, -0.2) is 30.7 Å². The number of furan rings is 1. The van der Waals surface area contributed by atoms with E-state index in [0.29, 0.717) is 24.8 Å². The number of nitrogens with zero attached hydrogens (tertiary/aromatic N) is 1. The molecule has 1 aromatic heterocycles. The van der Waals surface area contributed by atoms with E-state index in [9.17, 15) is 5.11 Å². The molecule has 0 saturated heterocycles. The van der Waals surface area contributed by atoms with Gasteiger partial charge in [-0.1, -0.05) is 43.7 Å². The highest BCUT2D eigenvalue weighted by Gasteiger charge is 2.26. The molecule has 0 aliphatic carbocycles. The lowest BCUT2D eigenvalue weighted by molar-refractivity contribution is 0.0386. The van der Waals surface area contributed by atoms with Crippen molar-refractivity contribution >= 4 is 29.9 Å². The van der Waals surface area contributed by atoms with Gasteiger partial charge in [-0.15, -0.1) is 24.0 Å². The van der Waals surface area contributed by atoms with E-state index in [1.54, 1.807) is 25.3 Å². The van der Waals surface area contributed by atoms with Gasteiger partial charge >= 0.3 is 0 Å². The first kappa shape index (κ1) is 23.5. The minimum absolute atomic E-state index is 0. The van der Waals surface area contributed by atoms with Gasteiger partial charge in [-0.05, 0) is 38.5 Å². The summed E-state index contributed by atoms with van der Waals surface area (Å²) >= 11 is 0. The summed E-state index contributed by atoms with van der Waals surface area (Å²) in [5, 5.41) is 17.0. The van der Waals surface area contributed by atoms with Crippen LogP contribution in [0.2, 0.25) is 0 Å². The number of hydrogen-bond donors (Lipinski definition) is 3. The number of guanidine groups is 1. The zero-order chi connectivity index (χ0) is 19.2. The number of aliphatic imine (C=N–C) groups is 1. The van der Waals surface area contributed by atoms with Crippen LogP contribution in [0, 0.1) is 6.92 Å². The molecular formula is C21H32IN3O2. The third kappa shape index (κ3) is 6.84. The number of aryl methyl sites for hydroxylation is 1. The Hall–Kier alpha value is -1.54. The van der Waals surface area contributed by atoms with Crippen molar-refractivity contribution in [3.8, 4) is 0 Å². The Balaban J connectivity index is 0.00000364. The standard InChI is InChI=1S/C21H31N3O2.HI/c1-6-22-19(24-15-21(5,25)18-11-8-12-26-18)23-14-20(3,4)17-10-7-9-16(2)13-17;/h7-13,25H,6,14-15H2,1-5H3,(H2,22,23,24);1H. The Bertz CT molecular complexity index is 725. The Labute approximate surface area is 179 Å². The molecule has 0 saturated carbocycles. The Kier molecular flexibility index (Phi) is 8.81. The van der Waals surface area contributed by atoms with Crippen LogP contribution in [-0.2, 0) is 11.0 Å². The second kappa shape index (κ2) is 10.1. The van der Waals surface area contributed by atoms with Crippen LogP contribution in [0.4, 0.5) is 0 Å². The van der Waals surface area contributed by atoms with E-state index in [1.807, 2.05) is 6.92 Å². The summed E-state index contributed by atoms with van der Waals surface area (Å²) in [6, 6.07) is 12.1. The molecule has 2 rings (SSSR count). The van der Waals surface area contributed by atoms with Crippen LogP contribution in [0.25, 0.3) is 0 Å². The normalized spacial score (nSPS) is 14.2. The Morgan fingerprint density at radius 2 is 1.89 bits per heavy atom. The lowest BCUT2D eigenvalue weighted by Gasteiger charge is -2.26. The maximum absolute atomic E-state index is 10.6. The molecule has 3 N–H and O–H groups in total. The highest BCUT2D eigenvalue weighted by molar-refractivity contribution is 14.0. The van der Waals surface area contributed by atoms with E-state index in [1.165, 1.54) is 11.1 Å². The first-order valence-electron chi connectivity index (χ1n) is 9.10. The lowest BCUT2D eigenvalue weighted by atomic mass is 9.84. The van der Waals surface area contributed by atoms with Gasteiger partial charge in [0, 0.05) is 12.0 Å². The molecular weight excluding hydrogens is 453 g/mol. The molecule has 2 aromatic rings. The average Bonchev–Trinajstić information content (AvgIpc) is 3.13. The minimum atomic E-state index is -1.11. The summed E-state index contributed by atoms with van der Waals surface area (Å²) in [7, 11) is 0. The smallest absolute Gasteiger partial charge is 0.191 e. The molecule has 1 atom stereocenters. The first-order valence-corrected chi connectivity index (χ1v) is 9.10. The number of halogens is 1. The van der Waals surface area contributed by atoms with Crippen molar-refractivity contribution in [3.05, 3.63) is 59.5 Å². The topological polar surface area (TPSA) is 69.8 Å². The number of hydrogen-bond acceptors (Lipinski definition) is 3. The van der Waals surface area contributed by atoms with Crippen LogP contribution in [0.3, 0.4) is 0 Å². The van der Waals surface area contributed by atoms with Crippen molar-refractivity contribution in [2.24, 2.45) is 4.99 Å². The number of rotatable bonds is 7. The maximum Gasteiger partial charge on any atom is 0.191 e. The Morgan fingerprint density at radius 3 is 2.48 bits per heavy atom. The second-order valence-electron chi connectivity index (χ2n) is 7.55. The molecule has 0 amide bonds. The monoisotopic (exact) mass is 485 g/mol. The summed E-state index contributed by atoms with van der Waals surface area (Å²) in [5.74, 6) is 1.21. The van der Waals surface area contributed by atoms with Crippen LogP contribution < -0.4 is 10.6 Å². The third-order valence-electron chi connectivity index (χ3n) is 4.43. The zero-order valence-electron chi connectivity index (χ0n) is 16.9. The molecule has 1 unspecified atom stereocenters. The van der Waals surface area contributed by atoms with E-state index in [0.717, 1.165) is 6.54 Å². The number of aliphatic hydroxyl groups is 1. The first-order chi connectivity index (χ1) is 12.2. The molecule has 0 aliphatic heterocycles. The molecule has 6 heteroatoms. The van der Waals surface area contributed by atoms with Gasteiger partial charge in [0.2, 0.25) is 0 Å². The predicted molar refractivity (Wildman–Crippen MR) is 122 cm³/mol. The van der Waals surface area contributed by atoms with E-state index in [2.05, 4.69) is 55.7 Å². The van der Waals surface area contributed by atoms with Crippen LogP contribution >= 0.6 is 24.0 Å². The second-order valence-corrected chi connectivity index (χ2v) is 7.55. The number of nitrogens with one attached hydrogen (secondary N) is 2. The fourth-order valence-corrected chi connectivity index (χ4v) is 2.70. The van der Waals surface area contributed by atoms with Gasteiger partial charge in [-0.25, -0.2) is 0 Å². The van der Waals surface area contributed by atoms with Crippen molar-refractivity contribution < 1.29 is 9.52 Å². The minimum Gasteiger partial charge on any atom is -0.466 e. The van der Waals surface area contributed by atoms with Crippen LogP contribution in [0.15, 0.2) is 52.1 Å². The zero-order valence-corrected chi connectivity index (χ0v) is 19.2. The Morgan fingerprint density at radius 1 is 1.15 bits per heavy atom. The van der Waals surface area contributed by atoms with Crippen molar-refractivity contribution in [1.29, 1.82) is 0 Å². The third-order valence-corrected chi connectivity index (χ3v) is 4.43. The molecule has 0 spiro atoms. The quantitative estimate of drug-likeness (QED) is 0.316.